The van der Waals surface area contributed by atoms with Crippen molar-refractivity contribution in [3.8, 4) is 0 Å². The van der Waals surface area contributed by atoms with Crippen LogP contribution in [0.15, 0.2) is 0 Å². The molecular formula is C6H16Li2O. The Morgan fingerprint density at radius 3 is 2.00 bits per heavy atom. The van der Waals surface area contributed by atoms with Gasteiger partial charge in [0.05, 0.1) is 0 Å². The van der Waals surface area contributed by atoms with Gasteiger partial charge < -0.3 is 5.48 Å². The molecule has 3 heteroatoms. The Labute approximate surface area is 79.7 Å². The van der Waals surface area contributed by atoms with E-state index in [9.17, 15) is 0 Å². The molecule has 0 atom stereocenters. The molecule has 0 spiro atoms. The quantitative estimate of drug-likeness (QED) is 0.384. The predicted molar refractivity (Wildman–Crippen MR) is 45.5 cm³/mol. The summed E-state index contributed by atoms with van der Waals surface area (Å²) in [6.07, 6.45) is 5.65. The SMILES string of the molecule is O.[LiH].[Li][CH2]CCCCC. The topological polar surface area (TPSA) is 31.5 Å². The van der Waals surface area contributed by atoms with E-state index < -0.39 is 0 Å². The molecule has 0 rings (SSSR count). The average Bonchev–Trinajstić information content (AvgIpc) is 1.69. The van der Waals surface area contributed by atoms with Gasteiger partial charge in [0, 0.05) is 0 Å². The third-order valence-corrected chi connectivity index (χ3v) is 1.21. The molecule has 0 bridgehead atoms. The van der Waals surface area contributed by atoms with Crippen LogP contribution in [0.25, 0.3) is 0 Å². The predicted octanol–water partition coefficient (Wildman–Crippen LogP) is 0.680. The number of unbranched alkanes of at least 4 members (excludes halogenated alkanes) is 3. The third-order valence-electron chi connectivity index (χ3n) is 1.21. The van der Waals surface area contributed by atoms with Crippen LogP contribution >= 0.6 is 0 Å². The molecule has 0 saturated carbocycles. The van der Waals surface area contributed by atoms with Crippen molar-refractivity contribution in [2.24, 2.45) is 0 Å². The van der Waals surface area contributed by atoms with Crippen molar-refractivity contribution in [3.05, 3.63) is 0 Å². The molecule has 0 aliphatic heterocycles. The van der Waals surface area contributed by atoms with Crippen molar-refractivity contribution in [2.75, 3.05) is 0 Å². The van der Waals surface area contributed by atoms with Gasteiger partial charge in [0.1, 0.15) is 0 Å². The van der Waals surface area contributed by atoms with Crippen molar-refractivity contribution < 1.29 is 5.48 Å². The fourth-order valence-electron chi connectivity index (χ4n) is 0.677. The van der Waals surface area contributed by atoms with Crippen LogP contribution in [0.1, 0.15) is 32.6 Å². The molecule has 0 aliphatic carbocycles. The van der Waals surface area contributed by atoms with E-state index in [1.807, 2.05) is 0 Å². The zero-order valence-electron chi connectivity index (χ0n) is 6.04. The van der Waals surface area contributed by atoms with Crippen molar-refractivity contribution in [1.82, 2.24) is 0 Å². The molecule has 0 aromatic carbocycles. The Morgan fingerprint density at radius 1 is 1.11 bits per heavy atom. The minimum absolute atomic E-state index is 0. The maximum atomic E-state index is 2.25. The summed E-state index contributed by atoms with van der Waals surface area (Å²) >= 11 is 2.25. The average molecular weight is 118 g/mol. The summed E-state index contributed by atoms with van der Waals surface area (Å²) < 4.78 is 0. The molecule has 0 aromatic rings. The number of rotatable bonds is 4. The molecule has 0 aliphatic rings. The van der Waals surface area contributed by atoms with Crippen LogP contribution < -0.4 is 0 Å². The number of hydrogen-bond acceptors (Lipinski definition) is 0. The molecular weight excluding hydrogens is 102 g/mol. The summed E-state index contributed by atoms with van der Waals surface area (Å²) in [5.74, 6) is 0. The van der Waals surface area contributed by atoms with Gasteiger partial charge in [-0.15, -0.1) is 0 Å². The fourth-order valence-corrected chi connectivity index (χ4v) is 0.677. The van der Waals surface area contributed by atoms with E-state index in [-0.39, 0.29) is 24.3 Å². The maximum absolute atomic E-state index is 2.25. The monoisotopic (exact) mass is 118 g/mol. The van der Waals surface area contributed by atoms with Gasteiger partial charge in [-0.3, -0.25) is 0 Å². The summed E-state index contributed by atoms with van der Waals surface area (Å²) in [7, 11) is 0. The van der Waals surface area contributed by atoms with Gasteiger partial charge in [-0.05, 0) is 0 Å². The second-order valence-electron chi connectivity index (χ2n) is 2.06. The molecule has 9 heavy (non-hydrogen) atoms. The first-order valence-corrected chi connectivity index (χ1v) is 3.41. The van der Waals surface area contributed by atoms with Crippen molar-refractivity contribution >= 4 is 36.6 Å². The molecule has 0 amide bonds. The zero-order valence-corrected chi connectivity index (χ0v) is 6.04. The van der Waals surface area contributed by atoms with Gasteiger partial charge in [0.15, 0.2) is 0 Å². The molecule has 0 radical (unpaired) electrons. The molecule has 0 fully saturated rings. The normalized spacial score (nSPS) is 7.44. The summed E-state index contributed by atoms with van der Waals surface area (Å²) in [5, 5.41) is 1.36. The Balaban J connectivity index is -0.000000180. The first kappa shape index (κ1) is 16.6. The van der Waals surface area contributed by atoms with E-state index >= 15 is 0 Å². The van der Waals surface area contributed by atoms with Gasteiger partial charge >= 0.3 is 74.3 Å². The Morgan fingerprint density at radius 2 is 1.67 bits per heavy atom. The zero-order chi connectivity index (χ0) is 5.54. The molecule has 0 heterocycles. The Hall–Kier alpha value is 1.15. The van der Waals surface area contributed by atoms with E-state index in [2.05, 4.69) is 24.6 Å². The van der Waals surface area contributed by atoms with E-state index in [4.69, 9.17) is 0 Å². The van der Waals surface area contributed by atoms with E-state index in [0.29, 0.717) is 0 Å². The first-order valence-electron chi connectivity index (χ1n) is 3.41. The standard InChI is InChI=1S/C6H13.2Li.H2O.H/c1-3-5-6-4-2;;;;/h1,3-6H2,2H3;;;1H2;. The summed E-state index contributed by atoms with van der Waals surface area (Å²) in [5.41, 5.74) is 0. The Bertz CT molecular complexity index is 30.2. The van der Waals surface area contributed by atoms with Crippen LogP contribution in [-0.4, -0.2) is 42.1 Å². The molecule has 1 nitrogen and oxygen atoms in total. The van der Waals surface area contributed by atoms with Gasteiger partial charge in [0.2, 0.25) is 0 Å². The van der Waals surface area contributed by atoms with E-state index in [0.717, 1.165) is 0 Å². The third kappa shape index (κ3) is 17.6. The van der Waals surface area contributed by atoms with Crippen LogP contribution in [0, 0.1) is 0 Å². The molecule has 0 unspecified atom stereocenters. The summed E-state index contributed by atoms with van der Waals surface area (Å²) in [6.45, 7) is 2.25. The van der Waals surface area contributed by atoms with Crippen LogP contribution in [0.3, 0.4) is 0 Å². The van der Waals surface area contributed by atoms with Crippen LogP contribution in [0.2, 0.25) is 5.09 Å². The van der Waals surface area contributed by atoms with E-state index in [1.165, 1.54) is 30.8 Å². The van der Waals surface area contributed by atoms with Crippen LogP contribution in [0.4, 0.5) is 0 Å². The molecule has 0 saturated heterocycles. The number of hydrogen-bond donors (Lipinski definition) is 0. The molecule has 2 N–H and O–H groups in total. The van der Waals surface area contributed by atoms with Gasteiger partial charge in [-0.1, -0.05) is 0 Å². The van der Waals surface area contributed by atoms with E-state index in [1.54, 1.807) is 0 Å². The van der Waals surface area contributed by atoms with Crippen LogP contribution in [0.5, 0.6) is 0 Å². The van der Waals surface area contributed by atoms with Gasteiger partial charge in [-0.2, -0.15) is 0 Å². The van der Waals surface area contributed by atoms with Crippen LogP contribution in [-0.2, 0) is 0 Å². The first-order chi connectivity index (χ1) is 3.41. The van der Waals surface area contributed by atoms with Crippen molar-refractivity contribution in [1.29, 1.82) is 0 Å². The second kappa shape index (κ2) is 16.1. The van der Waals surface area contributed by atoms with Gasteiger partial charge in [-0.25, -0.2) is 0 Å². The summed E-state index contributed by atoms with van der Waals surface area (Å²) in [4.78, 5) is 0. The van der Waals surface area contributed by atoms with Crippen molar-refractivity contribution in [2.45, 2.75) is 37.7 Å². The van der Waals surface area contributed by atoms with Gasteiger partial charge in [0.25, 0.3) is 0 Å². The second-order valence-corrected chi connectivity index (χ2v) is 2.06. The van der Waals surface area contributed by atoms with Crippen molar-refractivity contribution in [3.63, 3.8) is 0 Å². The summed E-state index contributed by atoms with van der Waals surface area (Å²) in [6, 6.07) is 0. The molecule has 0 aromatic heterocycles. The minimum atomic E-state index is 0. The fraction of sp³-hybridized carbons (Fsp3) is 1.00. The molecule has 48 valence electrons. The Kier molecular flexibility index (Phi) is 29.7.